The van der Waals surface area contributed by atoms with Crippen LogP contribution in [-0.4, -0.2) is 13.6 Å². The Balaban J connectivity index is 1.76. The fourth-order valence-electron chi connectivity index (χ4n) is 3.81. The SMILES string of the molecule is CNCC1(Cc2cccc(Br)c2)CC2CC2C1. The molecule has 0 saturated heterocycles. The third-order valence-electron chi connectivity index (χ3n) is 4.48. The minimum absolute atomic E-state index is 0.531. The monoisotopic (exact) mass is 293 g/mol. The fraction of sp³-hybridized carbons (Fsp3) is 0.600. The van der Waals surface area contributed by atoms with Crippen LogP contribution in [0, 0.1) is 17.3 Å². The lowest BCUT2D eigenvalue weighted by Crippen LogP contribution is -2.33. The maximum absolute atomic E-state index is 3.57. The van der Waals surface area contributed by atoms with Crippen molar-refractivity contribution in [2.24, 2.45) is 17.3 Å². The van der Waals surface area contributed by atoms with Crippen LogP contribution in [0.25, 0.3) is 0 Å². The summed E-state index contributed by atoms with van der Waals surface area (Å²) in [4.78, 5) is 0. The molecule has 92 valence electrons. The summed E-state index contributed by atoms with van der Waals surface area (Å²) in [5.41, 5.74) is 2.01. The Labute approximate surface area is 112 Å². The van der Waals surface area contributed by atoms with Crippen LogP contribution < -0.4 is 5.32 Å². The Morgan fingerprint density at radius 2 is 2.12 bits per heavy atom. The number of nitrogens with one attached hydrogen (secondary N) is 1. The standard InChI is InChI=1S/C15H20BrN/c1-17-10-15(8-12-6-13(12)9-15)7-11-3-2-4-14(16)5-11/h2-5,12-13,17H,6-10H2,1H3. The summed E-state index contributed by atoms with van der Waals surface area (Å²) < 4.78 is 1.21. The molecule has 2 saturated carbocycles. The Morgan fingerprint density at radius 3 is 2.76 bits per heavy atom. The van der Waals surface area contributed by atoms with Crippen molar-refractivity contribution in [3.05, 3.63) is 34.3 Å². The molecule has 0 bridgehead atoms. The summed E-state index contributed by atoms with van der Waals surface area (Å²) in [7, 11) is 2.09. The van der Waals surface area contributed by atoms with E-state index in [1.165, 1.54) is 42.3 Å². The summed E-state index contributed by atoms with van der Waals surface area (Å²) in [6.45, 7) is 1.17. The van der Waals surface area contributed by atoms with E-state index < -0.39 is 0 Å². The topological polar surface area (TPSA) is 12.0 Å². The zero-order chi connectivity index (χ0) is 11.9. The molecule has 0 spiro atoms. The van der Waals surface area contributed by atoms with Gasteiger partial charge in [-0.2, -0.15) is 0 Å². The van der Waals surface area contributed by atoms with E-state index in [0.29, 0.717) is 5.41 Å². The Hall–Kier alpha value is -0.340. The fourth-order valence-corrected chi connectivity index (χ4v) is 4.26. The molecule has 1 nitrogen and oxygen atoms in total. The molecule has 0 heterocycles. The van der Waals surface area contributed by atoms with Crippen LogP contribution in [0.4, 0.5) is 0 Å². The van der Waals surface area contributed by atoms with Crippen LogP contribution in [0.3, 0.4) is 0 Å². The molecule has 0 aromatic heterocycles. The Bertz CT molecular complexity index is 405. The molecule has 2 fully saturated rings. The van der Waals surface area contributed by atoms with Crippen molar-refractivity contribution in [2.75, 3.05) is 13.6 Å². The molecular weight excluding hydrogens is 274 g/mol. The van der Waals surface area contributed by atoms with E-state index in [-0.39, 0.29) is 0 Å². The predicted octanol–water partition coefficient (Wildman–Crippen LogP) is 3.63. The molecule has 0 amide bonds. The van der Waals surface area contributed by atoms with E-state index in [1.54, 1.807) is 0 Å². The van der Waals surface area contributed by atoms with Crippen LogP contribution in [0.2, 0.25) is 0 Å². The number of hydrogen-bond donors (Lipinski definition) is 1. The smallest absolute Gasteiger partial charge is 0.0177 e. The van der Waals surface area contributed by atoms with Gasteiger partial charge in [-0.25, -0.2) is 0 Å². The van der Waals surface area contributed by atoms with Gasteiger partial charge in [0.25, 0.3) is 0 Å². The number of hydrogen-bond acceptors (Lipinski definition) is 1. The van der Waals surface area contributed by atoms with Gasteiger partial charge in [0.2, 0.25) is 0 Å². The highest BCUT2D eigenvalue weighted by Gasteiger charge is 2.53. The predicted molar refractivity (Wildman–Crippen MR) is 75.0 cm³/mol. The quantitative estimate of drug-likeness (QED) is 0.894. The number of benzene rings is 1. The zero-order valence-corrected chi connectivity index (χ0v) is 12.0. The van der Waals surface area contributed by atoms with Crippen molar-refractivity contribution in [1.82, 2.24) is 5.32 Å². The van der Waals surface area contributed by atoms with Crippen LogP contribution >= 0.6 is 15.9 Å². The van der Waals surface area contributed by atoms with Gasteiger partial charge in [-0.3, -0.25) is 0 Å². The Kier molecular flexibility index (Phi) is 3.04. The largest absolute Gasteiger partial charge is 0.319 e. The third kappa shape index (κ3) is 2.43. The van der Waals surface area contributed by atoms with Gasteiger partial charge in [0.1, 0.15) is 0 Å². The first kappa shape index (κ1) is 11.7. The molecule has 2 heteroatoms. The lowest BCUT2D eigenvalue weighted by molar-refractivity contribution is 0.255. The van der Waals surface area contributed by atoms with Crippen LogP contribution in [0.5, 0.6) is 0 Å². The first-order valence-electron chi connectivity index (χ1n) is 6.60. The number of fused-ring (bicyclic) bond motifs is 1. The Morgan fingerprint density at radius 1 is 1.35 bits per heavy atom. The second kappa shape index (κ2) is 4.40. The first-order valence-corrected chi connectivity index (χ1v) is 7.39. The molecule has 1 aromatic carbocycles. The van der Waals surface area contributed by atoms with Gasteiger partial charge in [-0.15, -0.1) is 0 Å². The lowest BCUT2D eigenvalue weighted by atomic mass is 9.77. The van der Waals surface area contributed by atoms with E-state index >= 15 is 0 Å². The molecule has 2 atom stereocenters. The molecule has 0 radical (unpaired) electrons. The highest BCUT2D eigenvalue weighted by atomic mass is 79.9. The van der Waals surface area contributed by atoms with Gasteiger partial charge in [0.05, 0.1) is 0 Å². The zero-order valence-electron chi connectivity index (χ0n) is 10.4. The summed E-state index contributed by atoms with van der Waals surface area (Å²) in [5, 5.41) is 3.41. The highest BCUT2D eigenvalue weighted by Crippen LogP contribution is 2.60. The van der Waals surface area contributed by atoms with Crippen molar-refractivity contribution in [3.8, 4) is 0 Å². The second-order valence-corrected chi connectivity index (χ2v) is 6.92. The van der Waals surface area contributed by atoms with E-state index in [2.05, 4.69) is 52.6 Å². The summed E-state index contributed by atoms with van der Waals surface area (Å²) in [6, 6.07) is 8.82. The summed E-state index contributed by atoms with van der Waals surface area (Å²) >= 11 is 3.57. The molecule has 3 rings (SSSR count). The van der Waals surface area contributed by atoms with Crippen molar-refractivity contribution in [2.45, 2.75) is 25.7 Å². The number of halogens is 1. The van der Waals surface area contributed by atoms with Gasteiger partial charge in [-0.05, 0) is 67.7 Å². The molecule has 0 aliphatic heterocycles. The van der Waals surface area contributed by atoms with E-state index in [0.717, 1.165) is 11.8 Å². The maximum Gasteiger partial charge on any atom is 0.0177 e. The van der Waals surface area contributed by atoms with Crippen LogP contribution in [0.15, 0.2) is 28.7 Å². The van der Waals surface area contributed by atoms with Crippen LogP contribution in [0.1, 0.15) is 24.8 Å². The summed E-state index contributed by atoms with van der Waals surface area (Å²) in [6.07, 6.45) is 5.61. The molecule has 2 unspecified atom stereocenters. The molecular formula is C15H20BrN. The maximum atomic E-state index is 3.57. The minimum Gasteiger partial charge on any atom is -0.319 e. The van der Waals surface area contributed by atoms with Gasteiger partial charge in [0.15, 0.2) is 0 Å². The van der Waals surface area contributed by atoms with Crippen molar-refractivity contribution in [3.63, 3.8) is 0 Å². The van der Waals surface area contributed by atoms with Gasteiger partial charge >= 0.3 is 0 Å². The first-order chi connectivity index (χ1) is 8.21. The normalized spacial score (nSPS) is 34.7. The van der Waals surface area contributed by atoms with Crippen molar-refractivity contribution < 1.29 is 0 Å². The average Bonchev–Trinajstić information content (AvgIpc) is 2.87. The van der Waals surface area contributed by atoms with E-state index in [1.807, 2.05) is 0 Å². The van der Waals surface area contributed by atoms with Crippen LogP contribution in [-0.2, 0) is 6.42 Å². The number of rotatable bonds is 4. The molecule has 2 aliphatic rings. The third-order valence-corrected chi connectivity index (χ3v) is 4.97. The molecule has 17 heavy (non-hydrogen) atoms. The van der Waals surface area contributed by atoms with Gasteiger partial charge < -0.3 is 5.32 Å². The highest BCUT2D eigenvalue weighted by molar-refractivity contribution is 9.10. The molecule has 2 aliphatic carbocycles. The van der Waals surface area contributed by atoms with E-state index in [4.69, 9.17) is 0 Å². The van der Waals surface area contributed by atoms with Crippen molar-refractivity contribution >= 4 is 15.9 Å². The molecule has 1 aromatic rings. The molecule has 1 N–H and O–H groups in total. The average molecular weight is 294 g/mol. The van der Waals surface area contributed by atoms with Crippen molar-refractivity contribution in [1.29, 1.82) is 0 Å². The van der Waals surface area contributed by atoms with Gasteiger partial charge in [0, 0.05) is 11.0 Å². The summed E-state index contributed by atoms with van der Waals surface area (Å²) in [5.74, 6) is 2.10. The minimum atomic E-state index is 0.531. The van der Waals surface area contributed by atoms with Gasteiger partial charge in [-0.1, -0.05) is 28.1 Å². The lowest BCUT2D eigenvalue weighted by Gasteiger charge is -2.31. The second-order valence-electron chi connectivity index (χ2n) is 6.00. The van der Waals surface area contributed by atoms with E-state index in [9.17, 15) is 0 Å².